The molecule has 356 valence electrons. The highest BCUT2D eigenvalue weighted by Crippen LogP contribution is 2.18. The van der Waals surface area contributed by atoms with Gasteiger partial charge < -0.3 is 14.2 Å². The van der Waals surface area contributed by atoms with Gasteiger partial charge in [0, 0.05) is 19.3 Å². The van der Waals surface area contributed by atoms with Crippen LogP contribution in [0.4, 0.5) is 0 Å². The van der Waals surface area contributed by atoms with Gasteiger partial charge in [0.1, 0.15) is 13.2 Å². The first-order valence-corrected chi connectivity index (χ1v) is 26.8. The van der Waals surface area contributed by atoms with Gasteiger partial charge in [0.15, 0.2) is 6.10 Å². The molecule has 2 atom stereocenters. The van der Waals surface area contributed by atoms with E-state index >= 15 is 0 Å². The van der Waals surface area contributed by atoms with Gasteiger partial charge in [-0.25, -0.2) is 0 Å². The number of ether oxygens (including phenoxy) is 3. The van der Waals surface area contributed by atoms with Crippen LogP contribution in [0.5, 0.6) is 0 Å². The standard InChI is InChI=1S/C54H104O6/c1-6-8-9-10-11-12-13-14-18-24-29-34-39-44-52(55)58-47-51(60-54(57)46-41-36-31-26-21-20-23-28-33-38-43-50(5)7-2)48-59-53(56)45-40-35-30-25-19-16-15-17-22-27-32-37-42-49(3)4/h49-51H,6-48H2,1-5H3/t50?,51-/m0/s1. The Labute approximate surface area is 374 Å². The number of hydrogen-bond donors (Lipinski definition) is 0. The van der Waals surface area contributed by atoms with E-state index < -0.39 is 6.10 Å². The van der Waals surface area contributed by atoms with Crippen LogP contribution in [-0.2, 0) is 28.6 Å². The second kappa shape index (κ2) is 46.9. The van der Waals surface area contributed by atoms with Gasteiger partial charge in [-0.3, -0.25) is 14.4 Å². The van der Waals surface area contributed by atoms with Crippen molar-refractivity contribution in [3.05, 3.63) is 0 Å². The van der Waals surface area contributed by atoms with Crippen molar-refractivity contribution < 1.29 is 28.6 Å². The first-order valence-electron chi connectivity index (χ1n) is 26.8. The molecule has 0 bridgehead atoms. The Hall–Kier alpha value is -1.59. The number of unbranched alkanes of at least 4 members (excludes halogenated alkanes) is 32. The summed E-state index contributed by atoms with van der Waals surface area (Å²) in [6, 6.07) is 0. The molecule has 0 rings (SSSR count). The van der Waals surface area contributed by atoms with Crippen molar-refractivity contribution in [3.8, 4) is 0 Å². The van der Waals surface area contributed by atoms with Crippen LogP contribution in [0.15, 0.2) is 0 Å². The molecule has 0 N–H and O–H groups in total. The summed E-state index contributed by atoms with van der Waals surface area (Å²) in [5, 5.41) is 0. The summed E-state index contributed by atoms with van der Waals surface area (Å²) in [7, 11) is 0. The second-order valence-corrected chi connectivity index (χ2v) is 19.2. The summed E-state index contributed by atoms with van der Waals surface area (Å²) in [6.07, 6.45) is 47.9. The lowest BCUT2D eigenvalue weighted by Crippen LogP contribution is -2.30. The van der Waals surface area contributed by atoms with Gasteiger partial charge in [-0.1, -0.05) is 259 Å². The molecule has 0 aromatic heterocycles. The fourth-order valence-electron chi connectivity index (χ4n) is 8.13. The molecule has 6 heteroatoms. The lowest BCUT2D eigenvalue weighted by molar-refractivity contribution is -0.167. The van der Waals surface area contributed by atoms with Gasteiger partial charge in [-0.15, -0.1) is 0 Å². The molecule has 1 unspecified atom stereocenters. The molecule has 0 aromatic carbocycles. The highest BCUT2D eigenvalue weighted by Gasteiger charge is 2.19. The van der Waals surface area contributed by atoms with Gasteiger partial charge in [0.05, 0.1) is 0 Å². The van der Waals surface area contributed by atoms with E-state index in [4.69, 9.17) is 14.2 Å². The van der Waals surface area contributed by atoms with Crippen LogP contribution >= 0.6 is 0 Å². The normalized spacial score (nSPS) is 12.5. The zero-order chi connectivity index (χ0) is 44.0. The van der Waals surface area contributed by atoms with E-state index in [9.17, 15) is 14.4 Å². The molecule has 0 saturated heterocycles. The van der Waals surface area contributed by atoms with Crippen LogP contribution in [0.3, 0.4) is 0 Å². The Balaban J connectivity index is 4.32. The van der Waals surface area contributed by atoms with Crippen LogP contribution in [0.2, 0.25) is 0 Å². The fourth-order valence-corrected chi connectivity index (χ4v) is 8.13. The van der Waals surface area contributed by atoms with Crippen molar-refractivity contribution in [2.75, 3.05) is 13.2 Å². The molecule has 0 aromatic rings. The number of rotatable bonds is 48. The van der Waals surface area contributed by atoms with Gasteiger partial charge >= 0.3 is 17.9 Å². The first kappa shape index (κ1) is 58.4. The van der Waals surface area contributed by atoms with Crippen LogP contribution in [0.25, 0.3) is 0 Å². The van der Waals surface area contributed by atoms with E-state index in [0.29, 0.717) is 19.3 Å². The molecule has 0 spiro atoms. The van der Waals surface area contributed by atoms with Crippen molar-refractivity contribution >= 4 is 17.9 Å². The van der Waals surface area contributed by atoms with E-state index in [0.717, 1.165) is 69.6 Å². The number of esters is 3. The summed E-state index contributed by atoms with van der Waals surface area (Å²) in [6.45, 7) is 11.4. The number of carbonyl (C=O) groups excluding carboxylic acids is 3. The minimum atomic E-state index is -0.762. The zero-order valence-corrected chi connectivity index (χ0v) is 41.1. The monoisotopic (exact) mass is 849 g/mol. The van der Waals surface area contributed by atoms with Gasteiger partial charge in [-0.2, -0.15) is 0 Å². The SMILES string of the molecule is CCCCCCCCCCCCCCCC(=O)OC[C@@H](COC(=O)CCCCCCCCCCCCCCC(C)C)OC(=O)CCCCCCCCCCCCC(C)CC. The summed E-state index contributed by atoms with van der Waals surface area (Å²) in [4.78, 5) is 38.0. The van der Waals surface area contributed by atoms with Crippen molar-refractivity contribution in [2.24, 2.45) is 11.8 Å². The molecular formula is C54H104O6. The Morgan fingerprint density at radius 3 is 0.950 bits per heavy atom. The summed E-state index contributed by atoms with van der Waals surface area (Å²) in [5.41, 5.74) is 0. The second-order valence-electron chi connectivity index (χ2n) is 19.2. The average Bonchev–Trinajstić information content (AvgIpc) is 3.23. The number of carbonyl (C=O) groups is 3. The Morgan fingerprint density at radius 2 is 0.633 bits per heavy atom. The summed E-state index contributed by atoms with van der Waals surface area (Å²) < 4.78 is 16.8. The fraction of sp³-hybridized carbons (Fsp3) is 0.944. The lowest BCUT2D eigenvalue weighted by atomic mass is 9.99. The summed E-state index contributed by atoms with van der Waals surface area (Å²) in [5.74, 6) is 0.856. The lowest BCUT2D eigenvalue weighted by Gasteiger charge is -2.18. The predicted octanol–water partition coefficient (Wildman–Crippen LogP) is 17.3. The van der Waals surface area contributed by atoms with Crippen LogP contribution < -0.4 is 0 Å². The minimum absolute atomic E-state index is 0.0634. The van der Waals surface area contributed by atoms with E-state index in [1.165, 1.54) is 186 Å². The van der Waals surface area contributed by atoms with Crippen LogP contribution in [0, 0.1) is 11.8 Å². The summed E-state index contributed by atoms with van der Waals surface area (Å²) >= 11 is 0. The topological polar surface area (TPSA) is 78.9 Å². The van der Waals surface area contributed by atoms with Gasteiger partial charge in [0.25, 0.3) is 0 Å². The molecule has 0 heterocycles. The smallest absolute Gasteiger partial charge is 0.306 e. The average molecular weight is 849 g/mol. The number of hydrogen-bond acceptors (Lipinski definition) is 6. The quantitative estimate of drug-likeness (QED) is 0.0345. The van der Waals surface area contributed by atoms with E-state index in [1.807, 2.05) is 0 Å². The van der Waals surface area contributed by atoms with E-state index in [-0.39, 0.29) is 31.1 Å². The minimum Gasteiger partial charge on any atom is -0.462 e. The molecule has 6 nitrogen and oxygen atoms in total. The van der Waals surface area contributed by atoms with Gasteiger partial charge in [0.2, 0.25) is 0 Å². The Kier molecular flexibility index (Phi) is 45.7. The van der Waals surface area contributed by atoms with Crippen molar-refractivity contribution in [1.82, 2.24) is 0 Å². The van der Waals surface area contributed by atoms with Crippen LogP contribution in [-0.4, -0.2) is 37.2 Å². The van der Waals surface area contributed by atoms with Crippen molar-refractivity contribution in [3.63, 3.8) is 0 Å². The predicted molar refractivity (Wildman–Crippen MR) is 256 cm³/mol. The van der Waals surface area contributed by atoms with Crippen molar-refractivity contribution in [1.29, 1.82) is 0 Å². The first-order chi connectivity index (χ1) is 29.3. The maximum atomic E-state index is 12.8. The largest absolute Gasteiger partial charge is 0.462 e. The molecule has 0 fully saturated rings. The Bertz CT molecular complexity index is 918. The highest BCUT2D eigenvalue weighted by atomic mass is 16.6. The zero-order valence-electron chi connectivity index (χ0n) is 41.1. The van der Waals surface area contributed by atoms with Crippen LogP contribution in [0.1, 0.15) is 298 Å². The van der Waals surface area contributed by atoms with E-state index in [2.05, 4.69) is 34.6 Å². The maximum absolute atomic E-state index is 12.8. The molecule has 0 amide bonds. The highest BCUT2D eigenvalue weighted by molar-refractivity contribution is 5.71. The molecule has 60 heavy (non-hydrogen) atoms. The third-order valence-electron chi connectivity index (χ3n) is 12.6. The van der Waals surface area contributed by atoms with E-state index in [1.54, 1.807) is 0 Å². The molecule has 0 saturated carbocycles. The molecule has 0 aliphatic carbocycles. The van der Waals surface area contributed by atoms with Gasteiger partial charge in [-0.05, 0) is 31.1 Å². The molecular weight excluding hydrogens is 745 g/mol. The third-order valence-corrected chi connectivity index (χ3v) is 12.6. The molecule has 0 aliphatic heterocycles. The molecule has 0 radical (unpaired) electrons. The third kappa shape index (κ3) is 45.9. The Morgan fingerprint density at radius 1 is 0.350 bits per heavy atom. The maximum Gasteiger partial charge on any atom is 0.306 e. The van der Waals surface area contributed by atoms with Crippen molar-refractivity contribution in [2.45, 2.75) is 304 Å². The molecule has 0 aliphatic rings.